The minimum absolute atomic E-state index is 0.0395. The van der Waals surface area contributed by atoms with Crippen LogP contribution in [0.4, 0.5) is 8.78 Å². The van der Waals surface area contributed by atoms with Gasteiger partial charge in [-0.3, -0.25) is 4.84 Å². The first kappa shape index (κ1) is 9.57. The molecule has 66 valence electrons. The smallest absolute Gasteiger partial charge is 0.159 e. The fourth-order valence-electron chi connectivity index (χ4n) is 0.764. The molecule has 0 aromatic heterocycles. The normalized spacial score (nSPS) is 10.3. The van der Waals surface area contributed by atoms with Crippen LogP contribution in [0.3, 0.4) is 0 Å². The van der Waals surface area contributed by atoms with Crippen molar-refractivity contribution in [2.45, 2.75) is 6.61 Å². The van der Waals surface area contributed by atoms with Crippen molar-refractivity contribution in [1.29, 1.82) is 0 Å². The fourth-order valence-corrected chi connectivity index (χ4v) is 1.19. The molecule has 2 nitrogen and oxygen atoms in total. The summed E-state index contributed by atoms with van der Waals surface area (Å²) in [6, 6.07) is 2.07. The Morgan fingerprint density at radius 2 is 1.92 bits per heavy atom. The molecule has 0 radical (unpaired) electrons. The molecule has 0 unspecified atom stereocenters. The average molecular weight is 238 g/mol. The van der Waals surface area contributed by atoms with Crippen molar-refractivity contribution < 1.29 is 13.6 Å². The van der Waals surface area contributed by atoms with Crippen molar-refractivity contribution in [2.24, 2.45) is 5.90 Å². The summed E-state index contributed by atoms with van der Waals surface area (Å²) in [6.45, 7) is 0.0395. The third-order valence-electron chi connectivity index (χ3n) is 1.33. The number of benzene rings is 1. The Morgan fingerprint density at radius 3 is 2.50 bits per heavy atom. The van der Waals surface area contributed by atoms with Gasteiger partial charge in [0.05, 0.1) is 6.61 Å². The Bertz CT molecular complexity index is 293. The lowest BCUT2D eigenvalue weighted by molar-refractivity contribution is 0.123. The second-order valence-electron chi connectivity index (χ2n) is 2.17. The molecule has 1 aromatic carbocycles. The van der Waals surface area contributed by atoms with Crippen LogP contribution >= 0.6 is 15.9 Å². The molecule has 1 aromatic rings. The maximum atomic E-state index is 12.6. The molecule has 5 heteroatoms. The molecule has 12 heavy (non-hydrogen) atoms. The van der Waals surface area contributed by atoms with E-state index in [1.165, 1.54) is 0 Å². The molecule has 0 aliphatic heterocycles. The van der Waals surface area contributed by atoms with Gasteiger partial charge in [0.25, 0.3) is 0 Å². The van der Waals surface area contributed by atoms with Crippen LogP contribution in [0.25, 0.3) is 0 Å². The molecule has 1 rings (SSSR count). The maximum Gasteiger partial charge on any atom is 0.159 e. The van der Waals surface area contributed by atoms with Gasteiger partial charge >= 0.3 is 0 Å². The molecule has 0 amide bonds. The van der Waals surface area contributed by atoms with Crippen molar-refractivity contribution in [3.63, 3.8) is 0 Å². The SMILES string of the molecule is NOCc1cc(F)c(F)cc1Br. The minimum Gasteiger partial charge on any atom is -0.300 e. The molecular weight excluding hydrogens is 232 g/mol. The Labute approximate surface area is 76.4 Å². The topological polar surface area (TPSA) is 35.2 Å². The van der Waals surface area contributed by atoms with Crippen molar-refractivity contribution in [2.75, 3.05) is 0 Å². The molecule has 2 N–H and O–H groups in total. The minimum atomic E-state index is -0.912. The summed E-state index contributed by atoms with van der Waals surface area (Å²) in [5, 5.41) is 0. The van der Waals surface area contributed by atoms with Gasteiger partial charge < -0.3 is 0 Å². The highest BCUT2D eigenvalue weighted by Crippen LogP contribution is 2.20. The summed E-state index contributed by atoms with van der Waals surface area (Å²) in [4.78, 5) is 4.28. The van der Waals surface area contributed by atoms with E-state index in [2.05, 4.69) is 20.8 Å². The van der Waals surface area contributed by atoms with E-state index < -0.39 is 11.6 Å². The van der Waals surface area contributed by atoms with E-state index in [-0.39, 0.29) is 6.61 Å². The molecule has 0 aliphatic rings. The van der Waals surface area contributed by atoms with Gasteiger partial charge in [-0.05, 0) is 17.7 Å². The molecule has 0 saturated carbocycles. The van der Waals surface area contributed by atoms with Crippen LogP contribution in [0.1, 0.15) is 5.56 Å². The van der Waals surface area contributed by atoms with Crippen LogP contribution in [-0.2, 0) is 11.4 Å². The second kappa shape index (κ2) is 3.93. The van der Waals surface area contributed by atoms with Crippen molar-refractivity contribution in [3.8, 4) is 0 Å². The highest BCUT2D eigenvalue weighted by atomic mass is 79.9. The summed E-state index contributed by atoms with van der Waals surface area (Å²) in [7, 11) is 0. The zero-order chi connectivity index (χ0) is 9.14. The van der Waals surface area contributed by atoms with Gasteiger partial charge in [0, 0.05) is 4.47 Å². The monoisotopic (exact) mass is 237 g/mol. The van der Waals surface area contributed by atoms with Crippen LogP contribution in [0.5, 0.6) is 0 Å². The van der Waals surface area contributed by atoms with Crippen LogP contribution in [0, 0.1) is 11.6 Å². The first-order chi connectivity index (χ1) is 5.65. The number of hydrogen-bond donors (Lipinski definition) is 1. The van der Waals surface area contributed by atoms with Gasteiger partial charge in [-0.15, -0.1) is 0 Å². The first-order valence-corrected chi connectivity index (χ1v) is 3.89. The van der Waals surface area contributed by atoms with Crippen molar-refractivity contribution in [3.05, 3.63) is 33.8 Å². The zero-order valence-corrected chi connectivity index (χ0v) is 7.57. The number of hydrogen-bond acceptors (Lipinski definition) is 2. The highest BCUT2D eigenvalue weighted by Gasteiger charge is 2.07. The van der Waals surface area contributed by atoms with Gasteiger partial charge in [0.1, 0.15) is 0 Å². The Morgan fingerprint density at radius 1 is 1.33 bits per heavy atom. The van der Waals surface area contributed by atoms with Crippen LogP contribution in [-0.4, -0.2) is 0 Å². The maximum absolute atomic E-state index is 12.6. The highest BCUT2D eigenvalue weighted by molar-refractivity contribution is 9.10. The van der Waals surface area contributed by atoms with E-state index in [1.807, 2.05) is 0 Å². The Kier molecular flexibility index (Phi) is 3.13. The van der Waals surface area contributed by atoms with E-state index in [9.17, 15) is 8.78 Å². The second-order valence-corrected chi connectivity index (χ2v) is 3.02. The number of rotatable bonds is 2. The van der Waals surface area contributed by atoms with Gasteiger partial charge in [-0.1, -0.05) is 15.9 Å². The summed E-state index contributed by atoms with van der Waals surface area (Å²) in [6.07, 6.45) is 0. The third-order valence-corrected chi connectivity index (χ3v) is 2.07. The molecular formula is C7H6BrF2NO. The lowest BCUT2D eigenvalue weighted by Gasteiger charge is -2.02. The molecule has 0 aliphatic carbocycles. The average Bonchev–Trinajstić information content (AvgIpc) is 2.01. The predicted octanol–water partition coefficient (Wildman–Crippen LogP) is 2.12. The molecule has 0 heterocycles. The van der Waals surface area contributed by atoms with E-state index in [1.54, 1.807) is 0 Å². The lowest BCUT2D eigenvalue weighted by atomic mass is 10.2. The molecule has 0 spiro atoms. The molecule has 0 bridgehead atoms. The Hall–Kier alpha value is -0.520. The van der Waals surface area contributed by atoms with Crippen molar-refractivity contribution in [1.82, 2.24) is 0 Å². The standard InChI is InChI=1S/C7H6BrF2NO/c8-5-2-7(10)6(9)1-4(5)3-12-11/h1-2H,3,11H2. The van der Waals surface area contributed by atoms with E-state index in [0.29, 0.717) is 10.0 Å². The van der Waals surface area contributed by atoms with Gasteiger partial charge in [0.2, 0.25) is 0 Å². The number of halogens is 3. The molecule has 0 fully saturated rings. The van der Waals surface area contributed by atoms with E-state index in [0.717, 1.165) is 12.1 Å². The van der Waals surface area contributed by atoms with E-state index in [4.69, 9.17) is 5.90 Å². The summed E-state index contributed by atoms with van der Waals surface area (Å²) in [5.41, 5.74) is 0.469. The zero-order valence-electron chi connectivity index (χ0n) is 5.98. The fraction of sp³-hybridized carbons (Fsp3) is 0.143. The van der Waals surface area contributed by atoms with Crippen LogP contribution in [0.15, 0.2) is 16.6 Å². The lowest BCUT2D eigenvalue weighted by Crippen LogP contribution is -2.00. The van der Waals surface area contributed by atoms with Gasteiger partial charge in [-0.2, -0.15) is 0 Å². The van der Waals surface area contributed by atoms with Crippen LogP contribution < -0.4 is 5.90 Å². The number of nitrogens with two attached hydrogens (primary N) is 1. The van der Waals surface area contributed by atoms with Gasteiger partial charge in [-0.25, -0.2) is 14.7 Å². The molecule has 0 atom stereocenters. The van der Waals surface area contributed by atoms with Crippen LogP contribution in [0.2, 0.25) is 0 Å². The van der Waals surface area contributed by atoms with Crippen molar-refractivity contribution >= 4 is 15.9 Å². The van der Waals surface area contributed by atoms with E-state index >= 15 is 0 Å². The molecule has 0 saturated heterocycles. The predicted molar refractivity (Wildman–Crippen MR) is 43.0 cm³/mol. The summed E-state index contributed by atoms with van der Waals surface area (Å²) in [5.74, 6) is 2.97. The quantitative estimate of drug-likeness (QED) is 0.632. The third kappa shape index (κ3) is 2.00. The summed E-state index contributed by atoms with van der Waals surface area (Å²) >= 11 is 3.04. The first-order valence-electron chi connectivity index (χ1n) is 3.10. The Balaban J connectivity index is 3.05. The largest absolute Gasteiger partial charge is 0.300 e. The summed E-state index contributed by atoms with van der Waals surface area (Å²) < 4.78 is 25.5. The van der Waals surface area contributed by atoms with Gasteiger partial charge in [0.15, 0.2) is 11.6 Å².